The molecule has 3 nitrogen and oxygen atoms in total. The fraction of sp³-hybridized carbons (Fsp3) is 0.0714. The number of benzene rings is 2. The van der Waals surface area contributed by atoms with Crippen molar-refractivity contribution in [2.45, 2.75) is 6.54 Å². The highest BCUT2D eigenvalue weighted by molar-refractivity contribution is 6.36. The van der Waals surface area contributed by atoms with Crippen molar-refractivity contribution in [3.8, 4) is 0 Å². The van der Waals surface area contributed by atoms with E-state index < -0.39 is 6.03 Å². The molecule has 2 aromatic rings. The van der Waals surface area contributed by atoms with Crippen LogP contribution in [0.1, 0.15) is 5.56 Å². The van der Waals surface area contributed by atoms with Crippen LogP contribution in [0.4, 0.5) is 14.9 Å². The second-order valence-corrected chi connectivity index (χ2v) is 4.83. The lowest BCUT2D eigenvalue weighted by atomic mass is 10.2. The van der Waals surface area contributed by atoms with E-state index in [1.807, 2.05) is 0 Å². The molecule has 0 unspecified atom stereocenters. The highest BCUT2D eigenvalue weighted by Gasteiger charge is 2.07. The Morgan fingerprint density at radius 2 is 1.65 bits per heavy atom. The van der Waals surface area contributed by atoms with Crippen LogP contribution in [-0.4, -0.2) is 6.03 Å². The SMILES string of the molecule is O=C(NCc1c(Cl)cccc1Cl)Nc1ccc(F)cc1. The molecule has 0 saturated heterocycles. The van der Waals surface area contributed by atoms with Crippen LogP contribution in [0.15, 0.2) is 42.5 Å². The average molecular weight is 313 g/mol. The lowest BCUT2D eigenvalue weighted by Crippen LogP contribution is -2.28. The fourth-order valence-electron chi connectivity index (χ4n) is 1.58. The first-order valence-electron chi connectivity index (χ1n) is 5.79. The number of rotatable bonds is 3. The predicted molar refractivity (Wildman–Crippen MR) is 78.7 cm³/mol. The standard InChI is InChI=1S/C14H11Cl2FN2O/c15-12-2-1-3-13(16)11(12)8-18-14(20)19-10-6-4-9(17)5-7-10/h1-7H,8H2,(H2,18,19,20). The zero-order valence-electron chi connectivity index (χ0n) is 10.3. The Bertz CT molecular complexity index is 597. The number of carbonyl (C=O) groups is 1. The number of carbonyl (C=O) groups excluding carboxylic acids is 1. The minimum absolute atomic E-state index is 0.200. The van der Waals surface area contributed by atoms with Gasteiger partial charge in [0.05, 0.1) is 0 Å². The zero-order chi connectivity index (χ0) is 14.5. The van der Waals surface area contributed by atoms with Gasteiger partial charge in [0.2, 0.25) is 0 Å². The minimum atomic E-state index is -0.424. The Balaban J connectivity index is 1.94. The summed E-state index contributed by atoms with van der Waals surface area (Å²) in [6.45, 7) is 0.200. The van der Waals surface area contributed by atoms with Gasteiger partial charge in [-0.1, -0.05) is 29.3 Å². The number of nitrogens with one attached hydrogen (secondary N) is 2. The lowest BCUT2D eigenvalue weighted by Gasteiger charge is -2.10. The number of hydrogen-bond acceptors (Lipinski definition) is 1. The van der Waals surface area contributed by atoms with Gasteiger partial charge in [0, 0.05) is 27.8 Å². The van der Waals surface area contributed by atoms with Gasteiger partial charge in [0.25, 0.3) is 0 Å². The minimum Gasteiger partial charge on any atom is -0.334 e. The van der Waals surface area contributed by atoms with Crippen LogP contribution >= 0.6 is 23.2 Å². The molecule has 20 heavy (non-hydrogen) atoms. The highest BCUT2D eigenvalue weighted by Crippen LogP contribution is 2.23. The van der Waals surface area contributed by atoms with E-state index >= 15 is 0 Å². The fourth-order valence-corrected chi connectivity index (χ4v) is 2.11. The Morgan fingerprint density at radius 3 is 2.25 bits per heavy atom. The molecule has 0 heterocycles. The first kappa shape index (κ1) is 14.6. The molecule has 0 aromatic heterocycles. The molecule has 0 bridgehead atoms. The summed E-state index contributed by atoms with van der Waals surface area (Å²) in [4.78, 5) is 11.7. The Morgan fingerprint density at radius 1 is 1.05 bits per heavy atom. The predicted octanol–water partition coefficient (Wildman–Crippen LogP) is 4.45. The summed E-state index contributed by atoms with van der Waals surface area (Å²) in [5.74, 6) is -0.362. The monoisotopic (exact) mass is 312 g/mol. The third-order valence-corrected chi connectivity index (χ3v) is 3.30. The van der Waals surface area contributed by atoms with Gasteiger partial charge in [0.1, 0.15) is 5.82 Å². The molecular formula is C14H11Cl2FN2O. The van der Waals surface area contributed by atoms with Gasteiger partial charge in [-0.25, -0.2) is 9.18 Å². The topological polar surface area (TPSA) is 41.1 Å². The van der Waals surface area contributed by atoms with Crippen molar-refractivity contribution in [2.24, 2.45) is 0 Å². The van der Waals surface area contributed by atoms with E-state index in [-0.39, 0.29) is 12.4 Å². The molecule has 0 spiro atoms. The first-order valence-corrected chi connectivity index (χ1v) is 6.55. The van der Waals surface area contributed by atoms with Crippen molar-refractivity contribution in [2.75, 3.05) is 5.32 Å². The summed E-state index contributed by atoms with van der Waals surface area (Å²) in [5, 5.41) is 6.18. The molecule has 0 fully saturated rings. The molecule has 0 aliphatic carbocycles. The quantitative estimate of drug-likeness (QED) is 0.863. The van der Waals surface area contributed by atoms with Gasteiger partial charge < -0.3 is 10.6 Å². The van der Waals surface area contributed by atoms with Crippen LogP contribution in [0.25, 0.3) is 0 Å². The van der Waals surface area contributed by atoms with E-state index in [1.54, 1.807) is 18.2 Å². The molecule has 2 amide bonds. The van der Waals surface area contributed by atoms with E-state index in [0.29, 0.717) is 21.3 Å². The molecule has 0 atom stereocenters. The zero-order valence-corrected chi connectivity index (χ0v) is 11.8. The van der Waals surface area contributed by atoms with E-state index in [1.165, 1.54) is 24.3 Å². The number of amides is 2. The van der Waals surface area contributed by atoms with E-state index in [4.69, 9.17) is 23.2 Å². The van der Waals surface area contributed by atoms with Gasteiger partial charge in [-0.05, 0) is 36.4 Å². The molecule has 2 aromatic carbocycles. The van der Waals surface area contributed by atoms with Gasteiger partial charge in [0.15, 0.2) is 0 Å². The summed E-state index contributed by atoms with van der Waals surface area (Å²) in [7, 11) is 0. The van der Waals surface area contributed by atoms with Gasteiger partial charge in [-0.2, -0.15) is 0 Å². The molecular weight excluding hydrogens is 302 g/mol. The van der Waals surface area contributed by atoms with Crippen molar-refractivity contribution in [3.63, 3.8) is 0 Å². The second-order valence-electron chi connectivity index (χ2n) is 4.01. The van der Waals surface area contributed by atoms with Crippen LogP contribution < -0.4 is 10.6 Å². The summed E-state index contributed by atoms with van der Waals surface area (Å²) in [6.07, 6.45) is 0. The van der Waals surface area contributed by atoms with Crippen molar-refractivity contribution in [1.29, 1.82) is 0 Å². The number of anilines is 1. The van der Waals surface area contributed by atoms with Crippen LogP contribution in [0, 0.1) is 5.82 Å². The molecule has 2 N–H and O–H groups in total. The molecule has 0 aliphatic heterocycles. The molecule has 104 valence electrons. The van der Waals surface area contributed by atoms with Crippen molar-refractivity contribution < 1.29 is 9.18 Å². The summed E-state index contributed by atoms with van der Waals surface area (Å²) in [6, 6.07) is 10.2. The maximum Gasteiger partial charge on any atom is 0.319 e. The van der Waals surface area contributed by atoms with E-state index in [0.717, 1.165) is 0 Å². The third-order valence-electron chi connectivity index (χ3n) is 2.59. The smallest absolute Gasteiger partial charge is 0.319 e. The molecule has 0 aliphatic rings. The number of hydrogen-bond donors (Lipinski definition) is 2. The first-order chi connectivity index (χ1) is 9.56. The van der Waals surface area contributed by atoms with Crippen molar-refractivity contribution in [1.82, 2.24) is 5.32 Å². The molecule has 6 heteroatoms. The molecule has 2 rings (SSSR count). The largest absolute Gasteiger partial charge is 0.334 e. The summed E-state index contributed by atoms with van der Waals surface area (Å²) < 4.78 is 12.7. The van der Waals surface area contributed by atoms with Crippen molar-refractivity contribution in [3.05, 3.63) is 63.9 Å². The molecule has 0 saturated carbocycles. The second kappa shape index (κ2) is 6.59. The lowest BCUT2D eigenvalue weighted by molar-refractivity contribution is 0.251. The van der Waals surface area contributed by atoms with Gasteiger partial charge >= 0.3 is 6.03 Å². The third kappa shape index (κ3) is 3.85. The van der Waals surface area contributed by atoms with Crippen LogP contribution in [-0.2, 0) is 6.54 Å². The maximum atomic E-state index is 12.7. The maximum absolute atomic E-state index is 12.7. The number of halogens is 3. The Labute approximate surface area is 125 Å². The molecule has 0 radical (unpaired) electrons. The number of urea groups is 1. The Kier molecular flexibility index (Phi) is 4.82. The summed E-state index contributed by atoms with van der Waals surface area (Å²) in [5.41, 5.74) is 1.14. The van der Waals surface area contributed by atoms with Crippen LogP contribution in [0.2, 0.25) is 10.0 Å². The van der Waals surface area contributed by atoms with Gasteiger partial charge in [-0.3, -0.25) is 0 Å². The summed E-state index contributed by atoms with van der Waals surface area (Å²) >= 11 is 12.0. The van der Waals surface area contributed by atoms with Crippen molar-refractivity contribution >= 4 is 34.9 Å². The van der Waals surface area contributed by atoms with E-state index in [2.05, 4.69) is 10.6 Å². The normalized spacial score (nSPS) is 10.2. The average Bonchev–Trinajstić information content (AvgIpc) is 2.41. The Hall–Kier alpha value is -1.78. The van der Waals surface area contributed by atoms with Crippen LogP contribution in [0.5, 0.6) is 0 Å². The van der Waals surface area contributed by atoms with Gasteiger partial charge in [-0.15, -0.1) is 0 Å². The van der Waals surface area contributed by atoms with Crippen LogP contribution in [0.3, 0.4) is 0 Å². The highest BCUT2D eigenvalue weighted by atomic mass is 35.5. The van der Waals surface area contributed by atoms with E-state index in [9.17, 15) is 9.18 Å².